The SMILES string of the molecule is Fc1ccc(OCc2[c-]cccc2)c(F)c1.[Zn+][Br]. The molecule has 0 aliphatic rings. The summed E-state index contributed by atoms with van der Waals surface area (Å²) >= 11 is 4.25. The summed E-state index contributed by atoms with van der Waals surface area (Å²) in [6, 6.07) is 13.4. The van der Waals surface area contributed by atoms with Crippen LogP contribution in [0.5, 0.6) is 5.75 Å². The Labute approximate surface area is 121 Å². The average molecular weight is 365 g/mol. The minimum absolute atomic E-state index is 0.0404. The standard InChI is InChI=1S/C13H9F2O.BrH.Zn/c14-11-6-7-13(12(15)8-11)16-9-10-4-2-1-3-5-10;;/h1-4,6-8H,9H2;1H;/q-1;;+2/p-1. The molecule has 0 saturated carbocycles. The van der Waals surface area contributed by atoms with Gasteiger partial charge in [0.25, 0.3) is 0 Å². The molecule has 18 heavy (non-hydrogen) atoms. The summed E-state index contributed by atoms with van der Waals surface area (Å²) in [7, 11) is 0. The van der Waals surface area contributed by atoms with E-state index < -0.39 is 11.6 Å². The van der Waals surface area contributed by atoms with Crippen molar-refractivity contribution in [3.8, 4) is 5.75 Å². The van der Waals surface area contributed by atoms with E-state index in [2.05, 4.69) is 19.7 Å². The molecule has 0 radical (unpaired) electrons. The molecule has 0 fully saturated rings. The third kappa shape index (κ3) is 4.83. The zero-order chi connectivity index (χ0) is 13.4. The summed E-state index contributed by atoms with van der Waals surface area (Å²) in [5, 5.41) is 0. The molecule has 5 heteroatoms. The molecule has 2 rings (SSSR count). The zero-order valence-electron chi connectivity index (χ0n) is 9.50. The molecule has 90 valence electrons. The first-order valence-corrected chi connectivity index (χ1v) is 12.0. The molecule has 0 spiro atoms. The van der Waals surface area contributed by atoms with E-state index in [4.69, 9.17) is 4.74 Å². The van der Waals surface area contributed by atoms with E-state index >= 15 is 0 Å². The van der Waals surface area contributed by atoms with Gasteiger partial charge in [-0.3, -0.25) is 0 Å². The summed E-state index contributed by atoms with van der Waals surface area (Å²) in [4.78, 5) is 0. The second kappa shape index (κ2) is 8.33. The molecule has 2 aromatic carbocycles. The van der Waals surface area contributed by atoms with Gasteiger partial charge in [0.2, 0.25) is 0 Å². The molecular formula is C13H9BrF2OZn. The Morgan fingerprint density at radius 1 is 1.17 bits per heavy atom. The van der Waals surface area contributed by atoms with Crippen molar-refractivity contribution < 1.29 is 29.9 Å². The fraction of sp³-hybridized carbons (Fsp3) is 0.0769. The van der Waals surface area contributed by atoms with Gasteiger partial charge in [-0.2, -0.15) is 30.3 Å². The first-order valence-electron chi connectivity index (χ1n) is 5.06. The van der Waals surface area contributed by atoms with Crippen LogP contribution < -0.4 is 4.74 Å². The normalized spacial score (nSPS) is 9.39. The maximum atomic E-state index is 13.2. The molecule has 0 N–H and O–H groups in total. The van der Waals surface area contributed by atoms with Crippen LogP contribution in [0.2, 0.25) is 0 Å². The third-order valence-electron chi connectivity index (χ3n) is 2.05. The number of ether oxygens (including phenoxy) is 1. The van der Waals surface area contributed by atoms with Gasteiger partial charge in [0.15, 0.2) is 11.6 Å². The van der Waals surface area contributed by atoms with Crippen LogP contribution in [0.25, 0.3) is 0 Å². The Bertz CT molecular complexity index is 480. The molecule has 2 aromatic rings. The van der Waals surface area contributed by atoms with Crippen LogP contribution in [0, 0.1) is 17.7 Å². The third-order valence-corrected chi connectivity index (χ3v) is 2.05. The number of hydrogen-bond acceptors (Lipinski definition) is 1. The van der Waals surface area contributed by atoms with E-state index in [9.17, 15) is 8.78 Å². The molecule has 0 saturated heterocycles. The van der Waals surface area contributed by atoms with Gasteiger partial charge in [0, 0.05) is 6.07 Å². The van der Waals surface area contributed by atoms with Gasteiger partial charge < -0.3 is 4.74 Å². The van der Waals surface area contributed by atoms with Gasteiger partial charge >= 0.3 is 30.0 Å². The van der Waals surface area contributed by atoms with Crippen LogP contribution in [0.1, 0.15) is 5.56 Å². The van der Waals surface area contributed by atoms with Crippen molar-refractivity contribution >= 4 is 13.6 Å². The van der Waals surface area contributed by atoms with Crippen molar-refractivity contribution in [1.82, 2.24) is 0 Å². The van der Waals surface area contributed by atoms with Crippen molar-refractivity contribution in [2.45, 2.75) is 6.61 Å². The second-order valence-corrected chi connectivity index (χ2v) is 3.25. The number of hydrogen-bond donors (Lipinski definition) is 0. The predicted molar refractivity (Wildman–Crippen MR) is 64.9 cm³/mol. The van der Waals surface area contributed by atoms with Crippen molar-refractivity contribution in [2.75, 3.05) is 0 Å². The molecule has 0 bridgehead atoms. The second-order valence-electron chi connectivity index (χ2n) is 3.25. The van der Waals surface area contributed by atoms with Crippen molar-refractivity contribution in [2.24, 2.45) is 0 Å². The summed E-state index contributed by atoms with van der Waals surface area (Å²) in [6.07, 6.45) is 0. The summed E-state index contributed by atoms with van der Waals surface area (Å²) in [5.74, 6) is -1.27. The molecule has 0 aliphatic carbocycles. The van der Waals surface area contributed by atoms with Crippen molar-refractivity contribution in [1.29, 1.82) is 0 Å². The first kappa shape index (κ1) is 15.3. The Morgan fingerprint density at radius 2 is 1.94 bits per heavy atom. The van der Waals surface area contributed by atoms with E-state index in [0.29, 0.717) is 0 Å². The number of rotatable bonds is 3. The zero-order valence-corrected chi connectivity index (χ0v) is 14.1. The molecule has 0 heterocycles. The Hall–Kier alpha value is -0.797. The van der Waals surface area contributed by atoms with Gasteiger partial charge in [-0.1, -0.05) is 0 Å². The predicted octanol–water partition coefficient (Wildman–Crippen LogP) is 4.19. The van der Waals surface area contributed by atoms with Crippen LogP contribution in [0.3, 0.4) is 0 Å². The topological polar surface area (TPSA) is 9.23 Å². The maximum absolute atomic E-state index is 13.2. The van der Waals surface area contributed by atoms with E-state index in [1.807, 2.05) is 18.2 Å². The molecule has 0 aromatic heterocycles. The van der Waals surface area contributed by atoms with E-state index in [0.717, 1.165) is 17.7 Å². The van der Waals surface area contributed by atoms with E-state index in [1.54, 1.807) is 6.07 Å². The Kier molecular flexibility index (Phi) is 7.06. The average Bonchev–Trinajstić information content (AvgIpc) is 2.41. The van der Waals surface area contributed by atoms with Gasteiger partial charge in [0.1, 0.15) is 5.82 Å². The quantitative estimate of drug-likeness (QED) is 0.586. The van der Waals surface area contributed by atoms with Gasteiger partial charge in [-0.25, -0.2) is 8.78 Å². The fourth-order valence-electron chi connectivity index (χ4n) is 1.27. The Morgan fingerprint density at radius 3 is 2.56 bits per heavy atom. The molecule has 0 amide bonds. The van der Waals surface area contributed by atoms with Crippen molar-refractivity contribution in [3.63, 3.8) is 0 Å². The number of halogens is 3. The van der Waals surface area contributed by atoms with Crippen LogP contribution in [0.4, 0.5) is 8.78 Å². The molecule has 1 nitrogen and oxygen atoms in total. The molecule has 0 atom stereocenters. The molecular weight excluding hydrogens is 355 g/mol. The summed E-state index contributed by atoms with van der Waals surface area (Å²) in [6.45, 7) is 0.212. The monoisotopic (exact) mass is 362 g/mol. The van der Waals surface area contributed by atoms with Gasteiger partial charge in [-0.15, -0.1) is 5.56 Å². The first-order chi connectivity index (χ1) is 8.75. The van der Waals surface area contributed by atoms with Crippen LogP contribution in [0.15, 0.2) is 42.5 Å². The fourth-order valence-corrected chi connectivity index (χ4v) is 1.27. The van der Waals surface area contributed by atoms with E-state index in [-0.39, 0.29) is 12.4 Å². The van der Waals surface area contributed by atoms with E-state index in [1.165, 1.54) is 22.4 Å². The van der Waals surface area contributed by atoms with Gasteiger partial charge in [0.05, 0.1) is 6.61 Å². The number of benzene rings is 2. The molecule has 0 unspecified atom stereocenters. The molecule has 0 aliphatic heterocycles. The Balaban J connectivity index is 0.000000771. The van der Waals surface area contributed by atoms with Crippen LogP contribution in [-0.2, 0) is 22.9 Å². The van der Waals surface area contributed by atoms with Crippen LogP contribution >= 0.6 is 13.6 Å². The van der Waals surface area contributed by atoms with Gasteiger partial charge in [-0.05, 0) is 12.1 Å². The minimum atomic E-state index is -0.698. The summed E-state index contributed by atoms with van der Waals surface area (Å²) in [5.41, 5.74) is 0.811. The van der Waals surface area contributed by atoms with Crippen LogP contribution in [-0.4, -0.2) is 0 Å². The summed E-state index contributed by atoms with van der Waals surface area (Å²) < 4.78 is 31.0. The van der Waals surface area contributed by atoms with Crippen molar-refractivity contribution in [3.05, 3.63) is 65.7 Å².